The van der Waals surface area contributed by atoms with Crippen LogP contribution in [-0.2, 0) is 30.4 Å². The van der Waals surface area contributed by atoms with Gasteiger partial charge in [0.15, 0.2) is 0 Å². The molecule has 0 aromatic heterocycles. The Morgan fingerprint density at radius 2 is 1.56 bits per heavy atom. The van der Waals surface area contributed by atoms with Gasteiger partial charge in [0.2, 0.25) is 17.7 Å². The van der Waals surface area contributed by atoms with E-state index in [-0.39, 0.29) is 48.6 Å². The minimum Gasteiger partial charge on any atom is -0.508 e. The fourth-order valence-electron chi connectivity index (χ4n) is 4.66. The molecule has 0 heterocycles. The molecule has 2 aromatic carbocycles. The van der Waals surface area contributed by atoms with Crippen molar-refractivity contribution in [3.63, 3.8) is 0 Å². The number of rotatable bonds is 16. The number of aromatic hydroxyl groups is 1. The number of nitrogens with two attached hydrogens (primary N) is 3. The SMILES string of the molecule is CC(C)C[C@@H](C=O)N(C(=O)c1ccccc1N)C(=O)[C@H](Cc1ccc(O)cc1)NC(=O)[C@@H](NC(=O)[C@@H](N)CCC(N)=O)C(C)C. The van der Waals surface area contributed by atoms with Gasteiger partial charge in [-0.05, 0) is 54.5 Å². The molecule has 0 aliphatic heterocycles. The lowest BCUT2D eigenvalue weighted by molar-refractivity contribution is -0.139. The molecule has 9 N–H and O–H groups in total. The number of carbonyl (C=O) groups is 6. The molecule has 0 saturated carbocycles. The van der Waals surface area contributed by atoms with E-state index in [9.17, 15) is 33.9 Å². The van der Waals surface area contributed by atoms with Crippen LogP contribution >= 0.6 is 0 Å². The quantitative estimate of drug-likeness (QED) is 0.116. The van der Waals surface area contributed by atoms with Crippen molar-refractivity contribution in [1.29, 1.82) is 0 Å². The molecule has 0 aliphatic carbocycles. The van der Waals surface area contributed by atoms with Crippen molar-refractivity contribution in [3.05, 3.63) is 59.7 Å². The molecular formula is C32H44N6O7. The molecule has 2 rings (SSSR count). The fraction of sp³-hybridized carbons (Fsp3) is 0.438. The van der Waals surface area contributed by atoms with Gasteiger partial charge in [0.1, 0.15) is 24.1 Å². The first-order valence-corrected chi connectivity index (χ1v) is 14.8. The van der Waals surface area contributed by atoms with Gasteiger partial charge in [-0.1, -0.05) is 52.0 Å². The van der Waals surface area contributed by atoms with E-state index in [4.69, 9.17) is 17.2 Å². The molecule has 0 bridgehead atoms. The Hall–Kier alpha value is -4.78. The zero-order valence-corrected chi connectivity index (χ0v) is 26.1. The highest BCUT2D eigenvalue weighted by atomic mass is 16.3. The number of anilines is 1. The number of carbonyl (C=O) groups excluding carboxylic acids is 6. The van der Waals surface area contributed by atoms with Crippen LogP contribution in [0.1, 0.15) is 62.9 Å². The number of nitrogen functional groups attached to an aromatic ring is 1. The molecule has 13 nitrogen and oxygen atoms in total. The van der Waals surface area contributed by atoms with Crippen molar-refractivity contribution >= 4 is 41.5 Å². The van der Waals surface area contributed by atoms with E-state index in [1.54, 1.807) is 38.1 Å². The fourth-order valence-corrected chi connectivity index (χ4v) is 4.66. The van der Waals surface area contributed by atoms with Gasteiger partial charge in [-0.2, -0.15) is 0 Å². The van der Waals surface area contributed by atoms with Crippen LogP contribution in [0.25, 0.3) is 0 Å². The molecule has 2 aromatic rings. The Morgan fingerprint density at radius 3 is 2.09 bits per heavy atom. The van der Waals surface area contributed by atoms with Crippen LogP contribution in [0.3, 0.4) is 0 Å². The maximum absolute atomic E-state index is 14.3. The zero-order chi connectivity index (χ0) is 33.8. The van der Waals surface area contributed by atoms with Gasteiger partial charge in [0.05, 0.1) is 17.6 Å². The number of nitrogens with zero attached hydrogens (tertiary/aromatic N) is 1. The van der Waals surface area contributed by atoms with Crippen molar-refractivity contribution in [2.24, 2.45) is 23.3 Å². The number of benzene rings is 2. The average Bonchev–Trinajstić information content (AvgIpc) is 2.98. The number of nitrogens with one attached hydrogen (secondary N) is 2. The van der Waals surface area contributed by atoms with Gasteiger partial charge in [0.25, 0.3) is 11.8 Å². The van der Waals surface area contributed by atoms with Crippen molar-refractivity contribution in [2.45, 2.75) is 77.5 Å². The van der Waals surface area contributed by atoms with Gasteiger partial charge >= 0.3 is 0 Å². The van der Waals surface area contributed by atoms with E-state index < -0.39 is 59.6 Å². The minimum atomic E-state index is -1.38. The summed E-state index contributed by atoms with van der Waals surface area (Å²) in [5, 5.41) is 15.0. The normalized spacial score (nSPS) is 13.8. The topological polar surface area (TPSA) is 228 Å². The summed E-state index contributed by atoms with van der Waals surface area (Å²) in [6.45, 7) is 7.02. The van der Waals surface area contributed by atoms with Crippen LogP contribution in [-0.4, -0.2) is 70.0 Å². The summed E-state index contributed by atoms with van der Waals surface area (Å²) >= 11 is 0. The highest BCUT2D eigenvalue weighted by Crippen LogP contribution is 2.21. The standard InChI is InChI=1S/C32H44N6O7/c1-18(2)15-21(17-39)38(31(44)23-7-5-6-8-24(23)33)32(45)26(16-20-9-11-22(40)12-10-20)36-30(43)28(19(3)4)37-29(42)25(34)13-14-27(35)41/h5-12,17-19,21,25-26,28,40H,13-16,33-34H2,1-4H3,(H2,35,41)(H,36,43)(H,37,42)/t21-,25-,26-,28-/m0/s1. The molecule has 5 amide bonds. The molecule has 45 heavy (non-hydrogen) atoms. The minimum absolute atomic E-state index is 0.00781. The predicted octanol–water partition coefficient (Wildman–Crippen LogP) is 1.02. The lowest BCUT2D eigenvalue weighted by Gasteiger charge is -2.33. The summed E-state index contributed by atoms with van der Waals surface area (Å²) in [5.74, 6) is -4.31. The molecular weight excluding hydrogens is 580 g/mol. The van der Waals surface area contributed by atoms with Crippen LogP contribution in [0.15, 0.2) is 48.5 Å². The van der Waals surface area contributed by atoms with Crippen molar-refractivity contribution in [2.75, 3.05) is 5.73 Å². The summed E-state index contributed by atoms with van der Waals surface area (Å²) < 4.78 is 0. The molecule has 0 saturated heterocycles. The third-order valence-electron chi connectivity index (χ3n) is 7.13. The van der Waals surface area contributed by atoms with E-state index in [2.05, 4.69) is 10.6 Å². The summed E-state index contributed by atoms with van der Waals surface area (Å²) in [6, 6.07) is 7.22. The highest BCUT2D eigenvalue weighted by molar-refractivity contribution is 6.10. The van der Waals surface area contributed by atoms with E-state index in [0.29, 0.717) is 11.8 Å². The smallest absolute Gasteiger partial charge is 0.263 e. The Kier molecular flexibility index (Phi) is 13.7. The molecule has 13 heteroatoms. The first kappa shape index (κ1) is 36.4. The van der Waals surface area contributed by atoms with Gasteiger partial charge in [0, 0.05) is 18.5 Å². The Bertz CT molecular complexity index is 1360. The monoisotopic (exact) mass is 624 g/mol. The summed E-state index contributed by atoms with van der Waals surface area (Å²) in [5.41, 5.74) is 17.7. The van der Waals surface area contributed by atoms with Crippen LogP contribution in [0.2, 0.25) is 0 Å². The highest BCUT2D eigenvalue weighted by Gasteiger charge is 2.38. The van der Waals surface area contributed by atoms with Gasteiger partial charge in [-0.25, -0.2) is 0 Å². The Labute approximate surface area is 262 Å². The molecule has 4 atom stereocenters. The van der Waals surface area contributed by atoms with Crippen molar-refractivity contribution < 1.29 is 33.9 Å². The lowest BCUT2D eigenvalue weighted by atomic mass is 9.97. The number of hydrogen-bond acceptors (Lipinski definition) is 9. The Balaban J connectivity index is 2.52. The Morgan fingerprint density at radius 1 is 0.933 bits per heavy atom. The van der Waals surface area contributed by atoms with Crippen LogP contribution in [0, 0.1) is 11.8 Å². The largest absolute Gasteiger partial charge is 0.508 e. The molecule has 0 unspecified atom stereocenters. The first-order valence-electron chi connectivity index (χ1n) is 14.8. The number of hydrogen-bond donors (Lipinski definition) is 6. The van der Waals surface area contributed by atoms with Crippen LogP contribution in [0.5, 0.6) is 5.75 Å². The molecule has 244 valence electrons. The molecule has 0 fully saturated rings. The maximum atomic E-state index is 14.3. The summed E-state index contributed by atoms with van der Waals surface area (Å²) in [4.78, 5) is 78.9. The van der Waals surface area contributed by atoms with Gasteiger partial charge in [-0.15, -0.1) is 0 Å². The van der Waals surface area contributed by atoms with E-state index in [0.717, 1.165) is 4.90 Å². The molecule has 0 spiro atoms. The zero-order valence-electron chi connectivity index (χ0n) is 26.1. The third kappa shape index (κ3) is 10.7. The summed E-state index contributed by atoms with van der Waals surface area (Å²) in [7, 11) is 0. The number of phenols is 1. The van der Waals surface area contributed by atoms with E-state index >= 15 is 0 Å². The van der Waals surface area contributed by atoms with E-state index in [1.807, 2.05) is 13.8 Å². The number of phenolic OH excluding ortho intramolecular Hbond substituents is 1. The lowest BCUT2D eigenvalue weighted by Crippen LogP contribution is -2.60. The van der Waals surface area contributed by atoms with Gasteiger partial charge < -0.3 is 37.7 Å². The number of aldehydes is 1. The third-order valence-corrected chi connectivity index (χ3v) is 7.13. The number of para-hydroxylation sites is 1. The average molecular weight is 625 g/mol. The van der Waals surface area contributed by atoms with E-state index in [1.165, 1.54) is 24.3 Å². The summed E-state index contributed by atoms with van der Waals surface area (Å²) in [6.07, 6.45) is 0.391. The predicted molar refractivity (Wildman–Crippen MR) is 168 cm³/mol. The second-order valence-corrected chi connectivity index (χ2v) is 11.7. The molecule has 0 radical (unpaired) electrons. The maximum Gasteiger partial charge on any atom is 0.263 e. The van der Waals surface area contributed by atoms with Crippen LogP contribution < -0.4 is 27.8 Å². The van der Waals surface area contributed by atoms with Crippen LogP contribution in [0.4, 0.5) is 5.69 Å². The number of imide groups is 1. The molecule has 0 aliphatic rings. The van der Waals surface area contributed by atoms with Crippen molar-refractivity contribution in [3.8, 4) is 5.75 Å². The first-order chi connectivity index (χ1) is 21.2. The second kappa shape index (κ2) is 16.9. The van der Waals surface area contributed by atoms with Gasteiger partial charge in [-0.3, -0.25) is 28.9 Å². The van der Waals surface area contributed by atoms with Crippen molar-refractivity contribution in [1.82, 2.24) is 15.5 Å². The number of amides is 5. The number of primary amides is 1. The second-order valence-electron chi connectivity index (χ2n) is 11.7.